The number of halogens is 3. The van der Waals surface area contributed by atoms with Crippen molar-refractivity contribution in [1.29, 1.82) is 0 Å². The molecule has 0 bridgehead atoms. The Kier molecular flexibility index (Phi) is 5.69. The molecule has 1 aromatic heterocycles. The van der Waals surface area contributed by atoms with Gasteiger partial charge in [0.2, 0.25) is 5.82 Å². The maximum absolute atomic E-state index is 13.9. The first-order valence-corrected chi connectivity index (χ1v) is 9.69. The molecule has 0 fully saturated rings. The highest BCUT2D eigenvalue weighted by Crippen LogP contribution is 2.40. The summed E-state index contributed by atoms with van der Waals surface area (Å²) in [4.78, 5) is 14.7. The van der Waals surface area contributed by atoms with Crippen molar-refractivity contribution in [2.24, 2.45) is 0 Å². The van der Waals surface area contributed by atoms with Crippen molar-refractivity contribution in [3.8, 4) is 34.0 Å². The number of nitrogens with zero attached hydrogens (tertiary/aromatic N) is 3. The first-order chi connectivity index (χ1) is 15.7. The van der Waals surface area contributed by atoms with Gasteiger partial charge in [0.15, 0.2) is 0 Å². The van der Waals surface area contributed by atoms with Gasteiger partial charge in [-0.1, -0.05) is 41.6 Å². The van der Waals surface area contributed by atoms with Gasteiger partial charge in [-0.05, 0) is 41.8 Å². The molecule has 0 aliphatic rings. The Balaban J connectivity index is 1.77. The topological polar surface area (TPSA) is 102 Å². The zero-order chi connectivity index (χ0) is 23.8. The molecule has 0 atom stereocenters. The van der Waals surface area contributed by atoms with Crippen LogP contribution in [0, 0.1) is 17.0 Å². The molecule has 0 aliphatic carbocycles. The van der Waals surface area contributed by atoms with Gasteiger partial charge in [-0.15, -0.1) is 0 Å². The first-order valence-electron chi connectivity index (χ1n) is 9.69. The normalized spacial score (nSPS) is 11.5. The standard InChI is InChI=1S/C23H16F3N3O4/c1-13-4-2-3-5-17(13)18-9-8-15(10-19(18)23(24,25)26)22-27-21(28-33-22)14-6-7-16(12-30)20(11-14)29(31)32/h2-11,30H,12H2,1H3. The molecule has 168 valence electrons. The summed E-state index contributed by atoms with van der Waals surface area (Å²) in [6.45, 7) is 1.20. The number of nitro groups is 1. The van der Waals surface area contributed by atoms with E-state index in [1.165, 1.54) is 30.3 Å². The van der Waals surface area contributed by atoms with Crippen LogP contribution in [0.2, 0.25) is 0 Å². The fourth-order valence-corrected chi connectivity index (χ4v) is 3.49. The van der Waals surface area contributed by atoms with Crippen molar-refractivity contribution < 1.29 is 27.7 Å². The van der Waals surface area contributed by atoms with Crippen molar-refractivity contribution in [3.63, 3.8) is 0 Å². The van der Waals surface area contributed by atoms with Gasteiger partial charge in [0.05, 0.1) is 22.7 Å². The largest absolute Gasteiger partial charge is 0.417 e. The van der Waals surface area contributed by atoms with Crippen LogP contribution in [-0.4, -0.2) is 20.2 Å². The number of aliphatic hydroxyl groups excluding tert-OH is 1. The third-order valence-electron chi connectivity index (χ3n) is 5.14. The van der Waals surface area contributed by atoms with Gasteiger partial charge in [0.25, 0.3) is 11.6 Å². The fourth-order valence-electron chi connectivity index (χ4n) is 3.49. The van der Waals surface area contributed by atoms with Crippen molar-refractivity contribution in [1.82, 2.24) is 10.1 Å². The molecule has 10 heteroatoms. The minimum absolute atomic E-state index is 0.0271. The molecule has 0 saturated heterocycles. The Morgan fingerprint density at radius 3 is 2.42 bits per heavy atom. The van der Waals surface area contributed by atoms with E-state index in [0.717, 1.165) is 6.07 Å². The Morgan fingerprint density at radius 1 is 1.03 bits per heavy atom. The molecule has 7 nitrogen and oxygen atoms in total. The summed E-state index contributed by atoms with van der Waals surface area (Å²) in [5.41, 5.74) is 0.387. The summed E-state index contributed by atoms with van der Waals surface area (Å²) >= 11 is 0. The van der Waals surface area contributed by atoms with E-state index < -0.39 is 23.3 Å². The second-order valence-corrected chi connectivity index (χ2v) is 7.25. The highest BCUT2D eigenvalue weighted by Gasteiger charge is 2.34. The van der Waals surface area contributed by atoms with E-state index in [1.54, 1.807) is 31.2 Å². The molecule has 33 heavy (non-hydrogen) atoms. The van der Waals surface area contributed by atoms with E-state index in [-0.39, 0.29) is 39.7 Å². The zero-order valence-electron chi connectivity index (χ0n) is 17.1. The third-order valence-corrected chi connectivity index (χ3v) is 5.14. The van der Waals surface area contributed by atoms with Crippen molar-refractivity contribution in [2.45, 2.75) is 19.7 Å². The van der Waals surface area contributed by atoms with Crippen LogP contribution < -0.4 is 0 Å². The summed E-state index contributed by atoms with van der Waals surface area (Å²) in [7, 11) is 0. The van der Waals surface area contributed by atoms with Crippen LogP contribution in [-0.2, 0) is 12.8 Å². The average Bonchev–Trinajstić information content (AvgIpc) is 3.28. The quantitative estimate of drug-likeness (QED) is 0.301. The fraction of sp³-hybridized carbons (Fsp3) is 0.130. The van der Waals surface area contributed by atoms with Gasteiger partial charge in [-0.2, -0.15) is 18.2 Å². The van der Waals surface area contributed by atoms with E-state index >= 15 is 0 Å². The minimum atomic E-state index is -4.63. The second-order valence-electron chi connectivity index (χ2n) is 7.25. The highest BCUT2D eigenvalue weighted by atomic mass is 19.4. The third kappa shape index (κ3) is 4.33. The average molecular weight is 455 g/mol. The van der Waals surface area contributed by atoms with Crippen LogP contribution in [0.4, 0.5) is 18.9 Å². The monoisotopic (exact) mass is 455 g/mol. The van der Waals surface area contributed by atoms with Gasteiger partial charge in [-0.3, -0.25) is 10.1 Å². The maximum Gasteiger partial charge on any atom is 0.417 e. The van der Waals surface area contributed by atoms with Crippen molar-refractivity contribution in [3.05, 3.63) is 87.5 Å². The number of rotatable bonds is 5. The molecule has 0 unspecified atom stereocenters. The lowest BCUT2D eigenvalue weighted by Crippen LogP contribution is -2.08. The van der Waals surface area contributed by atoms with Crippen molar-refractivity contribution in [2.75, 3.05) is 0 Å². The number of alkyl halides is 3. The lowest BCUT2D eigenvalue weighted by Gasteiger charge is -2.15. The van der Waals surface area contributed by atoms with Gasteiger partial charge in [-0.25, -0.2) is 0 Å². The molecule has 4 rings (SSSR count). The summed E-state index contributed by atoms with van der Waals surface area (Å²) in [5.74, 6) is -0.199. The SMILES string of the molecule is Cc1ccccc1-c1ccc(-c2nc(-c3ccc(CO)c([N+](=O)[O-])c3)no2)cc1C(F)(F)F. The van der Waals surface area contributed by atoms with Crippen LogP contribution in [0.25, 0.3) is 34.0 Å². The van der Waals surface area contributed by atoms with Crippen LogP contribution in [0.3, 0.4) is 0 Å². The lowest BCUT2D eigenvalue weighted by molar-refractivity contribution is -0.385. The number of aromatic nitrogens is 2. The van der Waals surface area contributed by atoms with Gasteiger partial charge in [0, 0.05) is 17.2 Å². The molecule has 3 aromatic carbocycles. The van der Waals surface area contributed by atoms with E-state index in [0.29, 0.717) is 11.1 Å². The summed E-state index contributed by atoms with van der Waals surface area (Å²) < 4.78 is 46.8. The van der Waals surface area contributed by atoms with E-state index in [2.05, 4.69) is 10.1 Å². The number of hydrogen-bond donors (Lipinski definition) is 1. The van der Waals surface area contributed by atoms with E-state index in [1.807, 2.05) is 0 Å². The van der Waals surface area contributed by atoms with Crippen molar-refractivity contribution >= 4 is 5.69 Å². The Hall–Kier alpha value is -4.05. The maximum atomic E-state index is 13.9. The molecule has 0 saturated carbocycles. The number of aliphatic hydroxyl groups is 1. The zero-order valence-corrected chi connectivity index (χ0v) is 17.1. The van der Waals surface area contributed by atoms with Crippen LogP contribution >= 0.6 is 0 Å². The number of nitro benzene ring substituents is 1. The summed E-state index contributed by atoms with van der Waals surface area (Å²) in [5, 5.41) is 24.2. The minimum Gasteiger partial charge on any atom is -0.391 e. The summed E-state index contributed by atoms with van der Waals surface area (Å²) in [6.07, 6.45) is -4.63. The van der Waals surface area contributed by atoms with Gasteiger partial charge < -0.3 is 9.63 Å². The summed E-state index contributed by atoms with van der Waals surface area (Å²) in [6, 6.07) is 14.5. The highest BCUT2D eigenvalue weighted by molar-refractivity contribution is 5.74. The van der Waals surface area contributed by atoms with Gasteiger partial charge in [0.1, 0.15) is 0 Å². The predicted octanol–water partition coefficient (Wildman–Crippen LogP) is 5.80. The molecule has 0 aliphatic heterocycles. The lowest BCUT2D eigenvalue weighted by atomic mass is 9.94. The van der Waals surface area contributed by atoms with E-state index in [9.17, 15) is 28.4 Å². The Bertz CT molecular complexity index is 1350. The van der Waals surface area contributed by atoms with Crippen LogP contribution in [0.5, 0.6) is 0 Å². The smallest absolute Gasteiger partial charge is 0.391 e. The Morgan fingerprint density at radius 2 is 1.76 bits per heavy atom. The number of hydrogen-bond acceptors (Lipinski definition) is 6. The number of aryl methyl sites for hydroxylation is 1. The first kappa shape index (κ1) is 22.2. The second kappa shape index (κ2) is 8.47. The Labute approximate surface area is 185 Å². The molecule has 4 aromatic rings. The van der Waals surface area contributed by atoms with Crippen LogP contribution in [0.15, 0.2) is 65.2 Å². The molecular formula is C23H16F3N3O4. The van der Waals surface area contributed by atoms with Crippen LogP contribution in [0.1, 0.15) is 16.7 Å². The molecule has 0 radical (unpaired) electrons. The molecular weight excluding hydrogens is 439 g/mol. The number of benzene rings is 3. The van der Waals surface area contributed by atoms with Gasteiger partial charge >= 0.3 is 6.18 Å². The molecule has 0 spiro atoms. The molecule has 0 amide bonds. The molecule has 1 heterocycles. The molecule has 1 N–H and O–H groups in total. The van der Waals surface area contributed by atoms with E-state index in [4.69, 9.17) is 4.52 Å². The predicted molar refractivity (Wildman–Crippen MR) is 113 cm³/mol.